The van der Waals surface area contributed by atoms with Gasteiger partial charge in [0.05, 0.1) is 0 Å². The molecule has 0 spiro atoms. The van der Waals surface area contributed by atoms with Gasteiger partial charge in [0.25, 0.3) is 0 Å². The second kappa shape index (κ2) is 6.39. The van der Waals surface area contributed by atoms with Crippen molar-refractivity contribution in [2.24, 2.45) is 0 Å². The van der Waals surface area contributed by atoms with Gasteiger partial charge in [-0.2, -0.15) is 0 Å². The lowest BCUT2D eigenvalue weighted by atomic mass is 10.0. The average molecular weight is 331 g/mol. The summed E-state index contributed by atoms with van der Waals surface area (Å²) in [5.74, 6) is 0. The van der Waals surface area contributed by atoms with Crippen molar-refractivity contribution in [1.82, 2.24) is 4.90 Å². The molecule has 2 heteroatoms. The first kappa shape index (κ1) is 15.4. The van der Waals surface area contributed by atoms with E-state index in [4.69, 9.17) is 0 Å². The standard InChI is InChI=1S/C22H21NS/c1-23(2)15-7-12-17-18-10-3-4-13-20(18)24-21-14-6-9-16-8-5-11-19(17)22(16)21/h3-6,8-14H,7,15H2,1-2H3/b17-12+. The molecule has 0 saturated heterocycles. The number of nitrogens with zero attached hydrogens (tertiary/aromatic N) is 1. The first-order valence-corrected chi connectivity index (χ1v) is 9.20. The quantitative estimate of drug-likeness (QED) is 0.497. The van der Waals surface area contributed by atoms with E-state index in [9.17, 15) is 0 Å². The summed E-state index contributed by atoms with van der Waals surface area (Å²) in [6.07, 6.45) is 3.47. The van der Waals surface area contributed by atoms with Crippen LogP contribution >= 0.6 is 11.3 Å². The lowest BCUT2D eigenvalue weighted by Crippen LogP contribution is -2.13. The summed E-state index contributed by atoms with van der Waals surface area (Å²) < 4.78 is 2.70. The van der Waals surface area contributed by atoms with Gasteiger partial charge in [0.1, 0.15) is 0 Å². The predicted octanol–water partition coefficient (Wildman–Crippen LogP) is 5.22. The Balaban J connectivity index is 2.19. The van der Waals surface area contributed by atoms with E-state index in [1.165, 1.54) is 36.2 Å². The molecule has 24 heavy (non-hydrogen) atoms. The van der Waals surface area contributed by atoms with Crippen molar-refractivity contribution in [2.45, 2.75) is 6.42 Å². The fourth-order valence-corrected chi connectivity index (χ4v) is 4.49. The first-order valence-electron chi connectivity index (χ1n) is 8.38. The maximum absolute atomic E-state index is 2.41. The fourth-order valence-electron chi connectivity index (χ4n) is 3.34. The first-order chi connectivity index (χ1) is 11.7. The largest absolute Gasteiger partial charge is 0.309 e. The van der Waals surface area contributed by atoms with Gasteiger partial charge in [-0.25, -0.2) is 0 Å². The number of benzene rings is 3. The summed E-state index contributed by atoms with van der Waals surface area (Å²) in [6.45, 7) is 1.07. The van der Waals surface area contributed by atoms with Crippen LogP contribution in [0.4, 0.5) is 0 Å². The summed E-state index contributed by atoms with van der Waals surface area (Å²) in [6, 6.07) is 22.1. The van der Waals surface area contributed by atoms with Crippen LogP contribution in [0.5, 0.6) is 0 Å². The molecule has 0 bridgehead atoms. The van der Waals surface area contributed by atoms with Gasteiger partial charge in [0, 0.05) is 21.3 Å². The summed E-state index contributed by atoms with van der Waals surface area (Å²) >= 11 is 1.89. The molecule has 4 rings (SSSR count). The highest BCUT2D eigenvalue weighted by molar-refractivity contribution is 7.24. The summed E-state index contributed by atoms with van der Waals surface area (Å²) in [5, 5.41) is 6.79. The molecule has 1 heterocycles. The molecule has 1 nitrogen and oxygen atoms in total. The second-order valence-corrected chi connectivity index (χ2v) is 7.55. The van der Waals surface area contributed by atoms with Gasteiger partial charge in [0.15, 0.2) is 0 Å². The lowest BCUT2D eigenvalue weighted by molar-refractivity contribution is 0.421. The number of fused-ring (bicyclic) bond motifs is 1. The van der Waals surface area contributed by atoms with Crippen molar-refractivity contribution in [3.8, 4) is 0 Å². The van der Waals surface area contributed by atoms with E-state index in [1.54, 1.807) is 0 Å². The maximum Gasteiger partial charge on any atom is 0.0361 e. The van der Waals surface area contributed by atoms with Gasteiger partial charge >= 0.3 is 0 Å². The van der Waals surface area contributed by atoms with Crippen molar-refractivity contribution >= 4 is 48.4 Å². The third kappa shape index (κ3) is 2.72. The van der Waals surface area contributed by atoms with Gasteiger partial charge in [0.2, 0.25) is 0 Å². The third-order valence-corrected chi connectivity index (χ3v) is 5.61. The molecule has 120 valence electrons. The Kier molecular flexibility index (Phi) is 4.09. The van der Waals surface area contributed by atoms with Crippen LogP contribution in [-0.2, 0) is 0 Å². The summed E-state index contributed by atoms with van der Waals surface area (Å²) in [7, 11) is 4.26. The van der Waals surface area contributed by atoms with Crippen molar-refractivity contribution in [1.29, 1.82) is 0 Å². The molecule has 0 saturated carbocycles. The minimum absolute atomic E-state index is 1.06. The van der Waals surface area contributed by atoms with E-state index < -0.39 is 0 Å². The monoisotopic (exact) mass is 331 g/mol. The van der Waals surface area contributed by atoms with Crippen LogP contribution < -0.4 is 5.22 Å². The number of hydrogen-bond donors (Lipinski definition) is 0. The van der Waals surface area contributed by atoms with Crippen LogP contribution in [0.3, 0.4) is 0 Å². The molecule has 0 fully saturated rings. The molecule has 3 aromatic carbocycles. The molecule has 0 N–H and O–H groups in total. The van der Waals surface area contributed by atoms with E-state index >= 15 is 0 Å². The molecule has 4 aromatic rings. The van der Waals surface area contributed by atoms with Crippen LogP contribution in [0.1, 0.15) is 6.42 Å². The Morgan fingerprint density at radius 2 is 1.54 bits per heavy atom. The second-order valence-electron chi connectivity index (χ2n) is 6.47. The Bertz CT molecular complexity index is 1080. The van der Waals surface area contributed by atoms with E-state index in [0.717, 1.165) is 13.0 Å². The highest BCUT2D eigenvalue weighted by Gasteiger charge is 2.05. The van der Waals surface area contributed by atoms with Crippen molar-refractivity contribution in [3.05, 3.63) is 65.9 Å². The molecule has 1 aromatic heterocycles. The Labute approximate surface area is 146 Å². The number of hydrogen-bond acceptors (Lipinski definition) is 2. The minimum atomic E-state index is 1.06. The average Bonchev–Trinajstić information content (AvgIpc) is 2.72. The van der Waals surface area contributed by atoms with Gasteiger partial charge in [-0.05, 0) is 54.0 Å². The van der Waals surface area contributed by atoms with E-state index in [0.29, 0.717) is 0 Å². The normalized spacial score (nSPS) is 12.7. The smallest absolute Gasteiger partial charge is 0.0361 e. The minimum Gasteiger partial charge on any atom is -0.309 e. The molecule has 0 aliphatic rings. The Morgan fingerprint density at radius 3 is 2.38 bits per heavy atom. The summed E-state index contributed by atoms with van der Waals surface area (Å²) in [5.41, 5.74) is 0. The van der Waals surface area contributed by atoms with Crippen molar-refractivity contribution in [2.75, 3.05) is 20.6 Å². The molecule has 0 aliphatic carbocycles. The molecule has 0 amide bonds. The Hall–Kier alpha value is -2.16. The maximum atomic E-state index is 2.41. The van der Waals surface area contributed by atoms with Crippen LogP contribution in [0.15, 0.2) is 60.7 Å². The summed E-state index contributed by atoms with van der Waals surface area (Å²) in [4.78, 5) is 2.24. The molecular formula is C22H21NS. The zero-order chi connectivity index (χ0) is 16.5. The highest BCUT2D eigenvalue weighted by atomic mass is 32.1. The van der Waals surface area contributed by atoms with Crippen LogP contribution in [0.25, 0.3) is 37.0 Å². The van der Waals surface area contributed by atoms with Gasteiger partial charge in [-0.1, -0.05) is 54.6 Å². The van der Waals surface area contributed by atoms with Crippen molar-refractivity contribution < 1.29 is 0 Å². The zero-order valence-corrected chi connectivity index (χ0v) is 14.9. The lowest BCUT2D eigenvalue weighted by Gasteiger charge is -2.06. The van der Waals surface area contributed by atoms with Crippen LogP contribution in [-0.4, -0.2) is 25.5 Å². The molecular weight excluding hydrogens is 310 g/mol. The molecule has 0 unspecified atom stereocenters. The van der Waals surface area contributed by atoms with E-state index in [1.807, 2.05) is 11.3 Å². The van der Waals surface area contributed by atoms with E-state index in [2.05, 4.69) is 85.7 Å². The van der Waals surface area contributed by atoms with Gasteiger partial charge < -0.3 is 4.90 Å². The van der Waals surface area contributed by atoms with Crippen LogP contribution in [0.2, 0.25) is 0 Å². The topological polar surface area (TPSA) is 3.24 Å². The highest BCUT2D eigenvalue weighted by Crippen LogP contribution is 2.30. The number of rotatable bonds is 3. The van der Waals surface area contributed by atoms with E-state index in [-0.39, 0.29) is 0 Å². The fraction of sp³-hybridized carbons (Fsp3) is 0.182. The van der Waals surface area contributed by atoms with Crippen LogP contribution in [0, 0.1) is 0 Å². The SMILES string of the molecule is CN(C)CC/C=c1\c2ccccc2sc2cccc3cccc1c32. The molecule has 0 atom stereocenters. The van der Waals surface area contributed by atoms with Gasteiger partial charge in [-0.3, -0.25) is 0 Å². The molecule has 0 radical (unpaired) electrons. The zero-order valence-electron chi connectivity index (χ0n) is 14.1. The Morgan fingerprint density at radius 1 is 0.833 bits per heavy atom. The molecule has 0 aliphatic heterocycles. The predicted molar refractivity (Wildman–Crippen MR) is 109 cm³/mol. The van der Waals surface area contributed by atoms with Crippen molar-refractivity contribution in [3.63, 3.8) is 0 Å². The third-order valence-electron chi connectivity index (χ3n) is 4.48. The van der Waals surface area contributed by atoms with Gasteiger partial charge in [-0.15, -0.1) is 11.3 Å².